The maximum atomic E-state index is 10.3. The summed E-state index contributed by atoms with van der Waals surface area (Å²) in [7, 11) is 1.49. The number of likely N-dealkylation sites (N-methyl/N-ethyl adjacent to an activating group) is 1. The predicted molar refractivity (Wildman–Crippen MR) is 112 cm³/mol. The van der Waals surface area contributed by atoms with Crippen molar-refractivity contribution in [2.75, 3.05) is 13.6 Å². The van der Waals surface area contributed by atoms with E-state index in [2.05, 4.69) is 19.1 Å². The van der Waals surface area contributed by atoms with E-state index in [0.717, 1.165) is 17.9 Å². The number of aliphatic carboxylic acids is 2. The van der Waals surface area contributed by atoms with Crippen LogP contribution in [0.3, 0.4) is 0 Å². The molecule has 0 heterocycles. The van der Waals surface area contributed by atoms with Crippen molar-refractivity contribution < 1.29 is 19.8 Å². The highest BCUT2D eigenvalue weighted by molar-refractivity contribution is 5.68. The zero-order valence-electron chi connectivity index (χ0n) is 17.5. The van der Waals surface area contributed by atoms with Gasteiger partial charge in [-0.05, 0) is 32.1 Å². The average molecular weight is 387 g/mol. The summed E-state index contributed by atoms with van der Waals surface area (Å²) >= 11 is 0. The van der Waals surface area contributed by atoms with Gasteiger partial charge < -0.3 is 10.2 Å². The van der Waals surface area contributed by atoms with Crippen LogP contribution in [-0.4, -0.2) is 40.8 Å². The first-order valence-corrected chi connectivity index (χ1v) is 10.4. The first kappa shape index (κ1) is 27.8. The summed E-state index contributed by atoms with van der Waals surface area (Å²) in [5.74, 6) is 3.37. The lowest BCUT2D eigenvalue weighted by Gasteiger charge is -2.01. The van der Waals surface area contributed by atoms with Crippen molar-refractivity contribution in [1.82, 2.24) is 5.01 Å². The molecule has 4 N–H and O–H groups in total. The molecule has 0 unspecified atom stereocenters. The Labute approximate surface area is 165 Å². The molecule has 6 heteroatoms. The number of carboxylic acid groups (broad SMARTS) is 2. The van der Waals surface area contributed by atoms with Crippen molar-refractivity contribution in [1.29, 1.82) is 0 Å². The maximum Gasteiger partial charge on any atom is 0.319 e. The summed E-state index contributed by atoms with van der Waals surface area (Å²) < 4.78 is 0. The van der Waals surface area contributed by atoms with Gasteiger partial charge in [0, 0.05) is 13.5 Å². The van der Waals surface area contributed by atoms with Crippen LogP contribution in [0.1, 0.15) is 96.8 Å². The Balaban J connectivity index is 0. The van der Waals surface area contributed by atoms with Gasteiger partial charge in [-0.1, -0.05) is 70.4 Å². The Bertz CT molecular complexity index is 371. The Kier molecular flexibility index (Phi) is 23.3. The van der Waals surface area contributed by atoms with Crippen LogP contribution in [0.15, 0.2) is 12.2 Å². The van der Waals surface area contributed by atoms with Crippen LogP contribution in [0.5, 0.6) is 0 Å². The second kappa shape index (κ2) is 22.6. The molecule has 0 radical (unpaired) electrons. The molecule has 0 aromatic carbocycles. The van der Waals surface area contributed by atoms with Crippen molar-refractivity contribution in [2.24, 2.45) is 5.84 Å². The number of carbonyl (C=O) groups is 2. The van der Waals surface area contributed by atoms with Crippen LogP contribution in [0, 0.1) is 0 Å². The van der Waals surface area contributed by atoms with E-state index in [0.29, 0.717) is 6.42 Å². The second-order valence-corrected chi connectivity index (χ2v) is 7.04. The van der Waals surface area contributed by atoms with Crippen molar-refractivity contribution in [3.63, 3.8) is 0 Å². The number of hydrazine groups is 1. The Hall–Kier alpha value is -1.40. The van der Waals surface area contributed by atoms with E-state index >= 15 is 0 Å². The molecule has 0 aliphatic rings. The summed E-state index contributed by atoms with van der Waals surface area (Å²) in [4.78, 5) is 20.0. The van der Waals surface area contributed by atoms with Crippen LogP contribution in [-0.2, 0) is 9.59 Å². The number of hydrogen-bond acceptors (Lipinski definition) is 4. The van der Waals surface area contributed by atoms with Crippen molar-refractivity contribution in [3.05, 3.63) is 12.2 Å². The molecular formula is C21H42N2O4. The van der Waals surface area contributed by atoms with Crippen LogP contribution >= 0.6 is 0 Å². The zero-order chi connectivity index (χ0) is 20.8. The van der Waals surface area contributed by atoms with Gasteiger partial charge >= 0.3 is 11.9 Å². The van der Waals surface area contributed by atoms with Crippen molar-refractivity contribution >= 4 is 11.9 Å². The fourth-order valence-corrected chi connectivity index (χ4v) is 2.56. The molecule has 0 saturated heterocycles. The molecule has 0 bridgehead atoms. The highest BCUT2D eigenvalue weighted by atomic mass is 16.4. The predicted octanol–water partition coefficient (Wildman–Crippen LogP) is 4.99. The third kappa shape index (κ3) is 32.7. The van der Waals surface area contributed by atoms with Gasteiger partial charge in [0.25, 0.3) is 0 Å². The van der Waals surface area contributed by atoms with Gasteiger partial charge in [0.15, 0.2) is 0 Å². The minimum absolute atomic E-state index is 0.111. The van der Waals surface area contributed by atoms with Crippen LogP contribution in [0.25, 0.3) is 0 Å². The lowest BCUT2D eigenvalue weighted by Crippen LogP contribution is -2.31. The maximum absolute atomic E-state index is 10.3. The highest BCUT2D eigenvalue weighted by Crippen LogP contribution is 2.09. The largest absolute Gasteiger partial charge is 0.481 e. The lowest BCUT2D eigenvalue weighted by atomic mass is 10.1. The number of nitrogens with two attached hydrogens (primary N) is 1. The Morgan fingerprint density at radius 3 is 1.59 bits per heavy atom. The van der Waals surface area contributed by atoms with Crippen LogP contribution in [0.4, 0.5) is 0 Å². The topological polar surface area (TPSA) is 104 Å². The van der Waals surface area contributed by atoms with Gasteiger partial charge in [-0.15, -0.1) is 0 Å². The SMILES string of the molecule is CCCCCCCC/C=C\CCCCCCCC(=O)O.CN(N)CC(=O)O. The van der Waals surface area contributed by atoms with E-state index in [-0.39, 0.29) is 6.54 Å². The lowest BCUT2D eigenvalue weighted by molar-refractivity contribution is -0.138. The summed E-state index contributed by atoms with van der Waals surface area (Å²) in [5, 5.41) is 17.6. The molecule has 0 fully saturated rings. The first-order chi connectivity index (χ1) is 12.9. The number of rotatable bonds is 17. The van der Waals surface area contributed by atoms with E-state index in [9.17, 15) is 9.59 Å². The van der Waals surface area contributed by atoms with Crippen LogP contribution < -0.4 is 5.84 Å². The minimum atomic E-state index is -0.912. The summed E-state index contributed by atoms with van der Waals surface area (Å²) in [6, 6.07) is 0. The molecule has 0 rings (SSSR count). The first-order valence-electron chi connectivity index (χ1n) is 10.4. The third-order valence-corrected chi connectivity index (χ3v) is 4.04. The van der Waals surface area contributed by atoms with Crippen molar-refractivity contribution in [3.8, 4) is 0 Å². The number of allylic oxidation sites excluding steroid dienone is 2. The summed E-state index contributed by atoms with van der Waals surface area (Å²) in [5.41, 5.74) is 0. The van der Waals surface area contributed by atoms with E-state index in [1.54, 1.807) is 0 Å². The van der Waals surface area contributed by atoms with Gasteiger partial charge in [0.2, 0.25) is 0 Å². The number of hydrogen-bond donors (Lipinski definition) is 3. The molecule has 0 amide bonds. The molecular weight excluding hydrogens is 344 g/mol. The molecule has 160 valence electrons. The molecule has 0 aromatic rings. The van der Waals surface area contributed by atoms with Gasteiger partial charge in [-0.2, -0.15) is 0 Å². The molecule has 0 aromatic heterocycles. The van der Waals surface area contributed by atoms with Crippen LogP contribution in [0.2, 0.25) is 0 Å². The Morgan fingerprint density at radius 1 is 0.778 bits per heavy atom. The minimum Gasteiger partial charge on any atom is -0.481 e. The number of unbranched alkanes of at least 4 members (excludes halogenated alkanes) is 11. The smallest absolute Gasteiger partial charge is 0.319 e. The number of carboxylic acids is 2. The quantitative estimate of drug-likeness (QED) is 0.141. The zero-order valence-corrected chi connectivity index (χ0v) is 17.5. The van der Waals surface area contributed by atoms with Gasteiger partial charge in [-0.25, -0.2) is 5.01 Å². The number of nitrogens with zero attached hydrogens (tertiary/aromatic N) is 1. The van der Waals surface area contributed by atoms with E-state index in [1.165, 1.54) is 77.7 Å². The molecule has 0 aliphatic carbocycles. The summed E-state index contributed by atoms with van der Waals surface area (Å²) in [6.07, 6.45) is 21.2. The third-order valence-electron chi connectivity index (χ3n) is 4.04. The second-order valence-electron chi connectivity index (χ2n) is 7.04. The van der Waals surface area contributed by atoms with Gasteiger partial charge in [0.1, 0.15) is 6.54 Å². The van der Waals surface area contributed by atoms with E-state index in [4.69, 9.17) is 16.1 Å². The normalized spacial score (nSPS) is 10.8. The standard InChI is InChI=1S/C18H34O2.C3H8N2O2/c1-2-3-4-5-6-7-8-9-10-11-12-13-14-15-16-17-18(19)20;1-5(4)2-3(6)7/h9-10H,2-8,11-17H2,1H3,(H,19,20);2,4H2,1H3,(H,6,7)/b10-9-;. The average Bonchev–Trinajstić information content (AvgIpc) is 2.57. The molecule has 27 heavy (non-hydrogen) atoms. The molecule has 0 saturated carbocycles. The van der Waals surface area contributed by atoms with Crippen molar-refractivity contribution in [2.45, 2.75) is 96.8 Å². The monoisotopic (exact) mass is 386 g/mol. The molecule has 0 spiro atoms. The van der Waals surface area contributed by atoms with E-state index < -0.39 is 11.9 Å². The van der Waals surface area contributed by atoms with Gasteiger partial charge in [-0.3, -0.25) is 15.4 Å². The molecule has 0 aliphatic heterocycles. The summed E-state index contributed by atoms with van der Waals surface area (Å²) in [6.45, 7) is 2.15. The fourth-order valence-electron chi connectivity index (χ4n) is 2.56. The molecule has 0 atom stereocenters. The highest BCUT2D eigenvalue weighted by Gasteiger charge is 1.96. The van der Waals surface area contributed by atoms with E-state index in [1.807, 2.05) is 0 Å². The molecule has 6 nitrogen and oxygen atoms in total. The fraction of sp³-hybridized carbons (Fsp3) is 0.810. The Morgan fingerprint density at radius 2 is 1.22 bits per heavy atom. The van der Waals surface area contributed by atoms with Gasteiger partial charge in [0.05, 0.1) is 0 Å².